The Hall–Kier alpha value is -2.94. The van der Waals surface area contributed by atoms with Gasteiger partial charge in [0.15, 0.2) is 0 Å². The molecule has 1 heterocycles. The molecule has 0 saturated carbocycles. The van der Waals surface area contributed by atoms with Gasteiger partial charge in [0.25, 0.3) is 0 Å². The Morgan fingerprint density at radius 1 is 1.28 bits per heavy atom. The van der Waals surface area contributed by atoms with E-state index in [4.69, 9.17) is 5.26 Å². The Morgan fingerprint density at radius 2 is 2.00 bits per heavy atom. The van der Waals surface area contributed by atoms with E-state index in [0.717, 1.165) is 0 Å². The zero-order valence-corrected chi connectivity index (χ0v) is 9.20. The molecule has 1 N–H and O–H groups in total. The fraction of sp³-hybridized carbons (Fsp3) is 0. The maximum Gasteiger partial charge on any atom is 0.310 e. The smallest absolute Gasteiger partial charge is 0.310 e. The number of nitrogens with zero attached hydrogens (tertiary/aromatic N) is 3. The van der Waals surface area contributed by atoms with Crippen molar-refractivity contribution in [3.63, 3.8) is 0 Å². The average Bonchev–Trinajstić information content (AvgIpc) is 2.40. The van der Waals surface area contributed by atoms with Crippen molar-refractivity contribution in [2.75, 3.05) is 5.32 Å². The van der Waals surface area contributed by atoms with Crippen LogP contribution in [-0.4, -0.2) is 9.91 Å². The first-order chi connectivity index (χ1) is 8.70. The summed E-state index contributed by atoms with van der Waals surface area (Å²) in [5.74, 6) is 0. The Bertz CT molecular complexity index is 617. The zero-order chi connectivity index (χ0) is 13.0. The number of hydrogen-bond donors (Lipinski definition) is 1. The number of nitro groups is 1. The number of anilines is 2. The van der Waals surface area contributed by atoms with Gasteiger partial charge in [-0.05, 0) is 30.3 Å². The molecule has 6 heteroatoms. The van der Waals surface area contributed by atoms with E-state index in [2.05, 4.69) is 10.3 Å². The summed E-state index contributed by atoms with van der Waals surface area (Å²) in [4.78, 5) is 14.0. The maximum absolute atomic E-state index is 10.8. The van der Waals surface area contributed by atoms with Crippen LogP contribution in [0.25, 0.3) is 0 Å². The molecular weight excluding hydrogens is 232 g/mol. The molecule has 0 bridgehead atoms. The Kier molecular flexibility index (Phi) is 3.16. The van der Waals surface area contributed by atoms with Crippen LogP contribution in [0, 0.1) is 21.4 Å². The van der Waals surface area contributed by atoms with Crippen molar-refractivity contribution < 1.29 is 4.92 Å². The first-order valence-electron chi connectivity index (χ1n) is 5.06. The van der Waals surface area contributed by atoms with Gasteiger partial charge in [-0.3, -0.25) is 15.1 Å². The summed E-state index contributed by atoms with van der Waals surface area (Å²) in [6, 6.07) is 10.2. The molecular formula is C12H8N4O2. The highest BCUT2D eigenvalue weighted by Crippen LogP contribution is 2.25. The van der Waals surface area contributed by atoms with Gasteiger partial charge in [-0.15, -0.1) is 0 Å². The SMILES string of the molecule is N#Cc1ccc(Nc2ccncc2[N+](=O)[O-])cc1. The molecule has 0 amide bonds. The van der Waals surface area contributed by atoms with E-state index in [9.17, 15) is 10.1 Å². The lowest BCUT2D eigenvalue weighted by Crippen LogP contribution is -1.97. The van der Waals surface area contributed by atoms with Gasteiger partial charge in [-0.2, -0.15) is 5.26 Å². The van der Waals surface area contributed by atoms with Crippen LogP contribution in [0.15, 0.2) is 42.7 Å². The number of pyridine rings is 1. The first kappa shape index (κ1) is 11.5. The molecule has 18 heavy (non-hydrogen) atoms. The highest BCUT2D eigenvalue weighted by molar-refractivity contribution is 5.68. The van der Waals surface area contributed by atoms with Crippen molar-refractivity contribution in [2.45, 2.75) is 0 Å². The summed E-state index contributed by atoms with van der Waals surface area (Å²) in [6.45, 7) is 0. The highest BCUT2D eigenvalue weighted by atomic mass is 16.6. The normalized spacial score (nSPS) is 9.50. The summed E-state index contributed by atoms with van der Waals surface area (Å²) < 4.78 is 0. The molecule has 0 saturated heterocycles. The molecule has 0 aliphatic carbocycles. The van der Waals surface area contributed by atoms with Crippen LogP contribution < -0.4 is 5.32 Å². The molecule has 0 atom stereocenters. The monoisotopic (exact) mass is 240 g/mol. The van der Waals surface area contributed by atoms with Crippen molar-refractivity contribution >= 4 is 17.1 Å². The third-order valence-electron chi connectivity index (χ3n) is 2.29. The van der Waals surface area contributed by atoms with E-state index < -0.39 is 4.92 Å². The van der Waals surface area contributed by atoms with Crippen LogP contribution >= 0.6 is 0 Å². The van der Waals surface area contributed by atoms with Crippen LogP contribution in [0.1, 0.15) is 5.56 Å². The fourth-order valence-corrected chi connectivity index (χ4v) is 1.42. The second-order valence-electron chi connectivity index (χ2n) is 3.46. The summed E-state index contributed by atoms with van der Waals surface area (Å²) in [5.41, 5.74) is 1.47. The minimum atomic E-state index is -0.501. The standard InChI is InChI=1S/C12H8N4O2/c13-7-9-1-3-10(4-2-9)15-11-5-6-14-8-12(11)16(17)18/h1-6,8H,(H,14,15). The topological polar surface area (TPSA) is 91.8 Å². The Morgan fingerprint density at radius 3 is 2.61 bits per heavy atom. The zero-order valence-electron chi connectivity index (χ0n) is 9.20. The lowest BCUT2D eigenvalue weighted by molar-refractivity contribution is -0.384. The lowest BCUT2D eigenvalue weighted by atomic mass is 10.2. The van der Waals surface area contributed by atoms with Crippen molar-refractivity contribution in [3.05, 3.63) is 58.4 Å². The number of aromatic nitrogens is 1. The maximum atomic E-state index is 10.8. The van der Waals surface area contributed by atoms with Crippen LogP contribution in [0.5, 0.6) is 0 Å². The van der Waals surface area contributed by atoms with E-state index in [0.29, 0.717) is 16.9 Å². The lowest BCUT2D eigenvalue weighted by Gasteiger charge is -2.06. The van der Waals surface area contributed by atoms with E-state index in [1.54, 1.807) is 24.3 Å². The number of rotatable bonds is 3. The van der Waals surface area contributed by atoms with E-state index >= 15 is 0 Å². The van der Waals surface area contributed by atoms with Crippen LogP contribution in [0.3, 0.4) is 0 Å². The second kappa shape index (κ2) is 4.93. The van der Waals surface area contributed by atoms with Crippen molar-refractivity contribution in [1.29, 1.82) is 5.26 Å². The predicted molar refractivity (Wildman–Crippen MR) is 65.3 cm³/mol. The number of nitrogens with one attached hydrogen (secondary N) is 1. The van der Waals surface area contributed by atoms with Crippen molar-refractivity contribution in [3.8, 4) is 6.07 Å². The Balaban J connectivity index is 2.28. The molecule has 0 aliphatic rings. The van der Waals surface area contributed by atoms with Gasteiger partial charge >= 0.3 is 5.69 Å². The molecule has 6 nitrogen and oxygen atoms in total. The third kappa shape index (κ3) is 2.41. The number of nitriles is 1. The quantitative estimate of drug-likeness (QED) is 0.657. The van der Waals surface area contributed by atoms with Crippen molar-refractivity contribution in [2.24, 2.45) is 0 Å². The third-order valence-corrected chi connectivity index (χ3v) is 2.29. The van der Waals surface area contributed by atoms with Gasteiger partial charge in [-0.25, -0.2) is 0 Å². The fourth-order valence-electron chi connectivity index (χ4n) is 1.42. The molecule has 0 fully saturated rings. The van der Waals surface area contributed by atoms with Gasteiger partial charge < -0.3 is 5.32 Å². The molecule has 1 aromatic heterocycles. The molecule has 0 unspecified atom stereocenters. The van der Waals surface area contributed by atoms with Gasteiger partial charge in [0.2, 0.25) is 0 Å². The molecule has 88 valence electrons. The Labute approximate surface area is 103 Å². The van der Waals surface area contributed by atoms with Gasteiger partial charge in [0.05, 0.1) is 16.6 Å². The van der Waals surface area contributed by atoms with E-state index in [1.807, 2.05) is 6.07 Å². The van der Waals surface area contributed by atoms with Crippen LogP contribution in [-0.2, 0) is 0 Å². The first-order valence-corrected chi connectivity index (χ1v) is 5.06. The van der Waals surface area contributed by atoms with E-state index in [-0.39, 0.29) is 5.69 Å². The van der Waals surface area contributed by atoms with Gasteiger partial charge in [-0.1, -0.05) is 0 Å². The number of hydrogen-bond acceptors (Lipinski definition) is 5. The van der Waals surface area contributed by atoms with E-state index in [1.165, 1.54) is 18.5 Å². The van der Waals surface area contributed by atoms with Gasteiger partial charge in [0.1, 0.15) is 11.9 Å². The second-order valence-corrected chi connectivity index (χ2v) is 3.46. The largest absolute Gasteiger partial charge is 0.350 e. The summed E-state index contributed by atoms with van der Waals surface area (Å²) in [6.07, 6.45) is 2.66. The average molecular weight is 240 g/mol. The number of benzene rings is 1. The summed E-state index contributed by atoms with van der Waals surface area (Å²) in [7, 11) is 0. The molecule has 0 aliphatic heterocycles. The molecule has 0 radical (unpaired) electrons. The van der Waals surface area contributed by atoms with Crippen LogP contribution in [0.4, 0.5) is 17.1 Å². The molecule has 2 rings (SSSR count). The molecule has 1 aromatic carbocycles. The molecule has 2 aromatic rings. The summed E-state index contributed by atoms with van der Waals surface area (Å²) >= 11 is 0. The van der Waals surface area contributed by atoms with Gasteiger partial charge in [0, 0.05) is 11.9 Å². The minimum absolute atomic E-state index is 0.0955. The van der Waals surface area contributed by atoms with Crippen LogP contribution in [0.2, 0.25) is 0 Å². The predicted octanol–water partition coefficient (Wildman–Crippen LogP) is 2.61. The van der Waals surface area contributed by atoms with Crippen molar-refractivity contribution in [1.82, 2.24) is 4.98 Å². The highest BCUT2D eigenvalue weighted by Gasteiger charge is 2.12. The minimum Gasteiger partial charge on any atom is -0.350 e. The summed E-state index contributed by atoms with van der Waals surface area (Å²) in [5, 5.41) is 22.4. The molecule has 0 spiro atoms.